The van der Waals surface area contributed by atoms with Crippen molar-refractivity contribution in [2.24, 2.45) is 5.92 Å². The van der Waals surface area contributed by atoms with E-state index in [1.54, 1.807) is 0 Å². The Morgan fingerprint density at radius 2 is 1.84 bits per heavy atom. The maximum atomic E-state index is 12.8. The van der Waals surface area contributed by atoms with Gasteiger partial charge in [0.2, 0.25) is 0 Å². The molecule has 6 nitrogen and oxygen atoms in total. The Balaban J connectivity index is 1.94. The van der Waals surface area contributed by atoms with Crippen molar-refractivity contribution >= 4 is 11.9 Å². The standard InChI is InChI=1S/C25H40N2O4/c1-24(2,3)30-22(28)15-11-10-12-19(23(29)31-25(4,5)6)16-20-17-27(18-26-20)21-13-8-7-9-14-21/h8,13,17-19,21H,7,9-12,14-16H2,1-6H3. The lowest BCUT2D eigenvalue weighted by atomic mass is 9.96. The lowest BCUT2D eigenvalue weighted by Crippen LogP contribution is -2.30. The maximum absolute atomic E-state index is 12.8. The number of allylic oxidation sites excluding steroid dienone is 2. The first kappa shape index (κ1) is 25.2. The van der Waals surface area contributed by atoms with Gasteiger partial charge in [-0.2, -0.15) is 0 Å². The molecule has 0 fully saturated rings. The Morgan fingerprint density at radius 3 is 2.45 bits per heavy atom. The molecule has 1 aromatic heterocycles. The van der Waals surface area contributed by atoms with Crippen LogP contribution >= 0.6 is 0 Å². The summed E-state index contributed by atoms with van der Waals surface area (Å²) in [6.45, 7) is 11.3. The largest absolute Gasteiger partial charge is 0.460 e. The first-order valence-electron chi connectivity index (χ1n) is 11.6. The molecular weight excluding hydrogens is 392 g/mol. The van der Waals surface area contributed by atoms with E-state index in [0.29, 0.717) is 31.7 Å². The van der Waals surface area contributed by atoms with E-state index in [-0.39, 0.29) is 17.9 Å². The van der Waals surface area contributed by atoms with Gasteiger partial charge >= 0.3 is 11.9 Å². The monoisotopic (exact) mass is 432 g/mol. The minimum Gasteiger partial charge on any atom is -0.460 e. The molecule has 1 aliphatic carbocycles. The molecule has 2 unspecified atom stereocenters. The van der Waals surface area contributed by atoms with E-state index in [9.17, 15) is 9.59 Å². The Bertz CT molecular complexity index is 752. The van der Waals surface area contributed by atoms with Gasteiger partial charge in [0, 0.05) is 19.0 Å². The second-order valence-electron chi connectivity index (χ2n) is 10.5. The summed E-state index contributed by atoms with van der Waals surface area (Å²) in [5.74, 6) is -0.666. The molecule has 0 radical (unpaired) electrons. The highest BCUT2D eigenvalue weighted by molar-refractivity contribution is 5.73. The number of hydrogen-bond donors (Lipinski definition) is 0. The summed E-state index contributed by atoms with van der Waals surface area (Å²) in [4.78, 5) is 29.3. The van der Waals surface area contributed by atoms with Crippen molar-refractivity contribution in [3.05, 3.63) is 30.4 Å². The zero-order valence-corrected chi connectivity index (χ0v) is 20.1. The smallest absolute Gasteiger partial charge is 0.309 e. The van der Waals surface area contributed by atoms with Gasteiger partial charge in [-0.25, -0.2) is 4.98 Å². The molecule has 1 aromatic rings. The van der Waals surface area contributed by atoms with Crippen molar-refractivity contribution < 1.29 is 19.1 Å². The minimum absolute atomic E-state index is 0.194. The Labute approximate surface area is 187 Å². The molecule has 2 rings (SSSR count). The van der Waals surface area contributed by atoms with Gasteiger partial charge in [-0.05, 0) is 73.6 Å². The summed E-state index contributed by atoms with van der Waals surface area (Å²) < 4.78 is 13.2. The number of unbranched alkanes of at least 4 members (excludes halogenated alkanes) is 1. The molecular formula is C25H40N2O4. The normalized spacial score (nSPS) is 17.9. The number of rotatable bonds is 9. The van der Waals surface area contributed by atoms with Crippen LogP contribution in [-0.4, -0.2) is 32.7 Å². The third-order valence-corrected chi connectivity index (χ3v) is 5.07. The molecule has 2 atom stereocenters. The predicted octanol–water partition coefficient (Wildman–Crippen LogP) is 5.57. The molecule has 0 aromatic carbocycles. The number of ether oxygens (including phenoxy) is 2. The van der Waals surface area contributed by atoms with Gasteiger partial charge < -0.3 is 14.0 Å². The molecule has 0 saturated carbocycles. The summed E-state index contributed by atoms with van der Waals surface area (Å²) in [6.07, 6.45) is 14.8. The van der Waals surface area contributed by atoms with Gasteiger partial charge in [0.25, 0.3) is 0 Å². The molecule has 0 spiro atoms. The van der Waals surface area contributed by atoms with Crippen molar-refractivity contribution in [3.63, 3.8) is 0 Å². The van der Waals surface area contributed by atoms with Gasteiger partial charge in [0.15, 0.2) is 0 Å². The van der Waals surface area contributed by atoms with Gasteiger partial charge in [-0.3, -0.25) is 9.59 Å². The molecule has 174 valence electrons. The lowest BCUT2D eigenvalue weighted by Gasteiger charge is -2.24. The van der Waals surface area contributed by atoms with E-state index in [0.717, 1.165) is 25.0 Å². The maximum Gasteiger partial charge on any atom is 0.309 e. The van der Waals surface area contributed by atoms with Crippen molar-refractivity contribution in [2.75, 3.05) is 0 Å². The summed E-state index contributed by atoms with van der Waals surface area (Å²) in [7, 11) is 0. The van der Waals surface area contributed by atoms with Crippen molar-refractivity contribution in [1.29, 1.82) is 0 Å². The second-order valence-corrected chi connectivity index (χ2v) is 10.5. The summed E-state index contributed by atoms with van der Waals surface area (Å²) in [5, 5.41) is 0. The van der Waals surface area contributed by atoms with Crippen LogP contribution in [0.25, 0.3) is 0 Å². The average Bonchev–Trinajstić information content (AvgIpc) is 3.10. The number of imidazole rings is 1. The van der Waals surface area contributed by atoms with Crippen LogP contribution in [0, 0.1) is 5.92 Å². The van der Waals surface area contributed by atoms with E-state index in [1.165, 1.54) is 6.42 Å². The zero-order valence-electron chi connectivity index (χ0n) is 20.1. The van der Waals surface area contributed by atoms with E-state index in [4.69, 9.17) is 9.47 Å². The SMILES string of the molecule is CC(C)(C)OC(=O)CCCCC(Cc1cn(C2C=CCCC2)cn1)C(=O)OC(C)(C)C. The van der Waals surface area contributed by atoms with Gasteiger partial charge in [-0.1, -0.05) is 18.6 Å². The number of aromatic nitrogens is 2. The molecule has 0 bridgehead atoms. The van der Waals surface area contributed by atoms with Crippen LogP contribution in [0.3, 0.4) is 0 Å². The fourth-order valence-electron chi connectivity index (χ4n) is 3.70. The first-order valence-corrected chi connectivity index (χ1v) is 11.6. The fourth-order valence-corrected chi connectivity index (χ4v) is 3.70. The van der Waals surface area contributed by atoms with Gasteiger partial charge in [0.05, 0.1) is 24.0 Å². The van der Waals surface area contributed by atoms with Crippen LogP contribution in [0.15, 0.2) is 24.7 Å². The summed E-state index contributed by atoms with van der Waals surface area (Å²) >= 11 is 0. The quantitative estimate of drug-likeness (QED) is 0.290. The minimum atomic E-state index is -0.530. The topological polar surface area (TPSA) is 70.4 Å². The molecule has 31 heavy (non-hydrogen) atoms. The number of esters is 2. The molecule has 1 aliphatic rings. The van der Waals surface area contributed by atoms with Gasteiger partial charge in [0.1, 0.15) is 11.2 Å². The number of hydrogen-bond acceptors (Lipinski definition) is 5. The number of carbonyl (C=O) groups is 2. The van der Waals surface area contributed by atoms with Crippen LogP contribution in [-0.2, 0) is 25.5 Å². The second kappa shape index (κ2) is 11.0. The zero-order chi connectivity index (χ0) is 23.1. The first-order chi connectivity index (χ1) is 14.4. The number of carbonyl (C=O) groups excluding carboxylic acids is 2. The van der Waals surface area contributed by atoms with Gasteiger partial charge in [-0.15, -0.1) is 0 Å². The summed E-state index contributed by atoms with van der Waals surface area (Å²) in [5.41, 5.74) is -0.0948. The van der Waals surface area contributed by atoms with E-state index in [1.807, 2.05) is 47.9 Å². The highest BCUT2D eigenvalue weighted by Crippen LogP contribution is 2.24. The third kappa shape index (κ3) is 9.70. The number of nitrogens with zero attached hydrogens (tertiary/aromatic N) is 2. The molecule has 0 N–H and O–H groups in total. The van der Waals surface area contributed by atoms with E-state index >= 15 is 0 Å². The van der Waals surface area contributed by atoms with Crippen LogP contribution in [0.2, 0.25) is 0 Å². The highest BCUT2D eigenvalue weighted by Gasteiger charge is 2.26. The van der Waals surface area contributed by atoms with Crippen molar-refractivity contribution in [2.45, 2.75) is 110 Å². The predicted molar refractivity (Wildman–Crippen MR) is 122 cm³/mol. The van der Waals surface area contributed by atoms with Crippen molar-refractivity contribution in [3.8, 4) is 0 Å². The Hall–Kier alpha value is -2.11. The Morgan fingerprint density at radius 1 is 1.13 bits per heavy atom. The van der Waals surface area contributed by atoms with Crippen LogP contribution < -0.4 is 0 Å². The average molecular weight is 433 g/mol. The van der Waals surface area contributed by atoms with Crippen LogP contribution in [0.5, 0.6) is 0 Å². The molecule has 6 heteroatoms. The van der Waals surface area contributed by atoms with Crippen LogP contribution in [0.1, 0.15) is 98.2 Å². The van der Waals surface area contributed by atoms with E-state index in [2.05, 4.69) is 27.9 Å². The molecule has 0 saturated heterocycles. The molecule has 0 aliphatic heterocycles. The summed E-state index contributed by atoms with van der Waals surface area (Å²) in [6, 6.07) is 0.351. The molecule has 0 amide bonds. The van der Waals surface area contributed by atoms with E-state index < -0.39 is 11.2 Å². The Kier molecular flexibility index (Phi) is 8.90. The lowest BCUT2D eigenvalue weighted by molar-refractivity contribution is -0.160. The van der Waals surface area contributed by atoms with Crippen LogP contribution in [0.4, 0.5) is 0 Å². The fraction of sp³-hybridized carbons (Fsp3) is 0.720. The highest BCUT2D eigenvalue weighted by atomic mass is 16.6. The molecule has 1 heterocycles. The van der Waals surface area contributed by atoms with Crippen molar-refractivity contribution in [1.82, 2.24) is 9.55 Å². The third-order valence-electron chi connectivity index (χ3n) is 5.07.